The van der Waals surface area contributed by atoms with Crippen molar-refractivity contribution >= 4 is 17.8 Å². The predicted octanol–water partition coefficient (Wildman–Crippen LogP) is 4.33. The molecule has 3 heterocycles. The van der Waals surface area contributed by atoms with Crippen LogP contribution in [-0.4, -0.2) is 43.6 Å². The van der Waals surface area contributed by atoms with Crippen LogP contribution in [0.1, 0.15) is 45.2 Å². The van der Waals surface area contributed by atoms with E-state index in [0.29, 0.717) is 28.5 Å². The van der Waals surface area contributed by atoms with Gasteiger partial charge in [0.2, 0.25) is 5.78 Å². The summed E-state index contributed by atoms with van der Waals surface area (Å²) in [5, 5.41) is 20.7. The quantitative estimate of drug-likeness (QED) is 0.305. The molecule has 2 aromatic heterocycles. The zero-order valence-electron chi connectivity index (χ0n) is 21.2. The number of phenols is 1. The van der Waals surface area contributed by atoms with Gasteiger partial charge < -0.3 is 29.0 Å². The molecule has 10 nitrogen and oxygen atoms in total. The molecular weight excluding hydrogens is 502 g/mol. The fourth-order valence-corrected chi connectivity index (χ4v) is 4.47. The van der Waals surface area contributed by atoms with Crippen molar-refractivity contribution in [3.63, 3.8) is 0 Å². The highest BCUT2D eigenvalue weighted by atomic mass is 16.5. The number of aliphatic carboxylic acids is 1. The molecule has 1 aliphatic rings. The molecule has 0 saturated heterocycles. The highest BCUT2D eigenvalue weighted by Gasteiger charge is 2.35. The maximum atomic E-state index is 13.1. The van der Waals surface area contributed by atoms with E-state index in [-0.39, 0.29) is 47.2 Å². The number of carbonyl (C=O) groups excluding carboxylic acids is 1. The fourth-order valence-electron chi connectivity index (χ4n) is 4.47. The topological polar surface area (TPSA) is 133 Å². The van der Waals surface area contributed by atoms with E-state index in [1.807, 2.05) is 17.8 Å². The van der Waals surface area contributed by atoms with Crippen LogP contribution >= 0.6 is 0 Å². The van der Waals surface area contributed by atoms with Gasteiger partial charge in [-0.15, -0.1) is 0 Å². The van der Waals surface area contributed by atoms with Crippen LogP contribution in [0.3, 0.4) is 0 Å². The molecular formula is C29H25N3O7. The van der Waals surface area contributed by atoms with Crippen LogP contribution in [0.25, 0.3) is 6.08 Å². The lowest BCUT2D eigenvalue weighted by atomic mass is 9.86. The van der Waals surface area contributed by atoms with Crippen molar-refractivity contribution in [2.75, 3.05) is 7.11 Å². The molecule has 0 spiro atoms. The van der Waals surface area contributed by atoms with Gasteiger partial charge in [-0.2, -0.15) is 0 Å². The summed E-state index contributed by atoms with van der Waals surface area (Å²) < 4.78 is 19.2. The summed E-state index contributed by atoms with van der Waals surface area (Å²) in [6.45, 7) is 0.201. The molecule has 4 aromatic rings. The summed E-state index contributed by atoms with van der Waals surface area (Å²) >= 11 is 0. The van der Waals surface area contributed by atoms with Gasteiger partial charge in [0, 0.05) is 43.3 Å². The van der Waals surface area contributed by atoms with Crippen molar-refractivity contribution in [3.8, 4) is 23.0 Å². The van der Waals surface area contributed by atoms with E-state index in [1.165, 1.54) is 19.2 Å². The molecule has 1 atom stereocenters. The molecule has 2 N–H and O–H groups in total. The van der Waals surface area contributed by atoms with Crippen molar-refractivity contribution in [1.29, 1.82) is 0 Å². The molecule has 0 amide bonds. The van der Waals surface area contributed by atoms with Crippen LogP contribution < -0.4 is 14.2 Å². The minimum atomic E-state index is -1.10. The number of hydrogen-bond acceptors (Lipinski definition) is 8. The van der Waals surface area contributed by atoms with E-state index in [1.54, 1.807) is 55.0 Å². The molecule has 0 saturated carbocycles. The van der Waals surface area contributed by atoms with Crippen LogP contribution in [0.15, 0.2) is 73.0 Å². The van der Waals surface area contributed by atoms with Crippen LogP contribution in [0, 0.1) is 0 Å². The monoisotopic (exact) mass is 527 g/mol. The zero-order chi connectivity index (χ0) is 27.5. The third-order valence-electron chi connectivity index (χ3n) is 6.43. The largest absolute Gasteiger partial charge is 0.508 e. The summed E-state index contributed by atoms with van der Waals surface area (Å²) in [6.07, 6.45) is 7.86. The van der Waals surface area contributed by atoms with Gasteiger partial charge in [-0.3, -0.25) is 14.6 Å². The first-order valence-corrected chi connectivity index (χ1v) is 12.0. The molecule has 0 unspecified atom stereocenters. The second-order valence-electron chi connectivity index (χ2n) is 8.90. The van der Waals surface area contributed by atoms with Crippen molar-refractivity contribution in [1.82, 2.24) is 14.5 Å². The number of fused-ring (bicyclic) bond motifs is 1. The van der Waals surface area contributed by atoms with Gasteiger partial charge >= 0.3 is 5.97 Å². The Morgan fingerprint density at radius 3 is 2.72 bits per heavy atom. The lowest BCUT2D eigenvalue weighted by Crippen LogP contribution is -2.10. The van der Waals surface area contributed by atoms with Crippen molar-refractivity contribution < 1.29 is 34.0 Å². The number of rotatable bonds is 9. The minimum Gasteiger partial charge on any atom is -0.508 e. The number of aromatic hydroxyl groups is 1. The number of carbonyl (C=O) groups is 2. The number of Topliss-reactive ketones (excluding diaryl/α,β-unsaturated/α-hetero) is 1. The number of carboxylic acid groups (broad SMARTS) is 1. The number of nitrogens with zero attached hydrogens (tertiary/aromatic N) is 3. The first kappa shape index (κ1) is 25.5. The average molecular weight is 528 g/mol. The second kappa shape index (κ2) is 10.7. The number of ether oxygens (including phenoxy) is 3. The highest BCUT2D eigenvalue weighted by Crippen LogP contribution is 2.47. The van der Waals surface area contributed by atoms with Gasteiger partial charge in [0.05, 0.1) is 19.1 Å². The Morgan fingerprint density at radius 2 is 2.03 bits per heavy atom. The van der Waals surface area contributed by atoms with E-state index in [9.17, 15) is 19.8 Å². The number of hydrogen-bond donors (Lipinski definition) is 2. The lowest BCUT2D eigenvalue weighted by molar-refractivity contribution is -0.137. The van der Waals surface area contributed by atoms with Gasteiger partial charge in [0.15, 0.2) is 17.3 Å². The number of allylic oxidation sites excluding steroid dienone is 1. The van der Waals surface area contributed by atoms with Crippen LogP contribution in [-0.2, 0) is 18.4 Å². The number of methoxy groups -OCH3 is 1. The number of pyridine rings is 1. The smallest absolute Gasteiger partial charge is 0.304 e. The van der Waals surface area contributed by atoms with Crippen LogP contribution in [0.2, 0.25) is 0 Å². The normalized spacial score (nSPS) is 14.1. The summed E-state index contributed by atoms with van der Waals surface area (Å²) in [5.74, 6) is -0.824. The Balaban J connectivity index is 1.52. The third-order valence-corrected chi connectivity index (χ3v) is 6.43. The number of benzene rings is 2. The van der Waals surface area contributed by atoms with Crippen LogP contribution in [0.4, 0.5) is 0 Å². The second-order valence-corrected chi connectivity index (χ2v) is 8.90. The van der Waals surface area contributed by atoms with E-state index in [4.69, 9.17) is 14.2 Å². The molecule has 0 radical (unpaired) electrons. The number of aryl methyl sites for hydroxylation is 1. The molecule has 0 bridgehead atoms. The Morgan fingerprint density at radius 1 is 1.18 bits per heavy atom. The van der Waals surface area contributed by atoms with Gasteiger partial charge in [-0.05, 0) is 47.5 Å². The Hall–Kier alpha value is -5.12. The number of aromatic nitrogens is 3. The van der Waals surface area contributed by atoms with E-state index >= 15 is 0 Å². The number of ketones is 1. The molecule has 0 aliphatic carbocycles. The summed E-state index contributed by atoms with van der Waals surface area (Å²) in [5.41, 5.74) is 1.62. The standard InChI is InChI=1S/C29H25N3O7/c1-32-11-10-31-25(32)16-38-22-8-5-18(13-23(22)37-2)20(14-26(34)35)27-21(33)7-6-19-28(36)24(39-29(19)27)12-17-4-3-9-30-15-17/h3-13,15,20,33H,14,16H2,1-2H3,(H,34,35)/b24-12-/t20-/m1/s1. The summed E-state index contributed by atoms with van der Waals surface area (Å²) in [7, 11) is 3.34. The third kappa shape index (κ3) is 5.17. The fraction of sp³-hybridized carbons (Fsp3) is 0.172. The summed E-state index contributed by atoms with van der Waals surface area (Å²) in [6, 6.07) is 11.4. The zero-order valence-corrected chi connectivity index (χ0v) is 21.2. The number of carboxylic acids is 1. The highest BCUT2D eigenvalue weighted by molar-refractivity contribution is 6.15. The maximum Gasteiger partial charge on any atom is 0.304 e. The SMILES string of the molecule is COc1cc([C@@H](CC(=O)O)c2c(O)ccc3c2O/C(=C\c2cccnc2)C3=O)ccc1OCc1nccn1C. The van der Waals surface area contributed by atoms with Gasteiger partial charge in [-0.25, -0.2) is 4.98 Å². The molecule has 10 heteroatoms. The predicted molar refractivity (Wildman–Crippen MR) is 140 cm³/mol. The first-order chi connectivity index (χ1) is 18.9. The van der Waals surface area contributed by atoms with E-state index in [0.717, 1.165) is 0 Å². The molecule has 2 aromatic carbocycles. The molecule has 0 fully saturated rings. The van der Waals surface area contributed by atoms with Crippen molar-refractivity contribution in [3.05, 3.63) is 101 Å². The summed E-state index contributed by atoms with van der Waals surface area (Å²) in [4.78, 5) is 33.4. The van der Waals surface area contributed by atoms with Crippen molar-refractivity contribution in [2.24, 2.45) is 7.05 Å². The van der Waals surface area contributed by atoms with Crippen molar-refractivity contribution in [2.45, 2.75) is 18.9 Å². The van der Waals surface area contributed by atoms with E-state index < -0.39 is 11.9 Å². The Labute approximate surface area is 223 Å². The van der Waals surface area contributed by atoms with Crippen LogP contribution in [0.5, 0.6) is 23.0 Å². The lowest BCUT2D eigenvalue weighted by Gasteiger charge is -2.21. The average Bonchev–Trinajstić information content (AvgIpc) is 3.48. The molecule has 198 valence electrons. The maximum absolute atomic E-state index is 13.1. The van der Waals surface area contributed by atoms with Gasteiger partial charge in [0.1, 0.15) is 23.9 Å². The Bertz CT molecular complexity index is 1580. The molecule has 5 rings (SSSR count). The van der Waals surface area contributed by atoms with Gasteiger partial charge in [0.25, 0.3) is 0 Å². The minimum absolute atomic E-state index is 0.0505. The first-order valence-electron chi connectivity index (χ1n) is 12.0. The van der Waals surface area contributed by atoms with E-state index in [2.05, 4.69) is 9.97 Å². The molecule has 39 heavy (non-hydrogen) atoms. The number of imidazole rings is 1. The van der Waals surface area contributed by atoms with Gasteiger partial charge in [-0.1, -0.05) is 12.1 Å². The Kier molecular flexibility index (Phi) is 7.00. The molecule has 1 aliphatic heterocycles. The number of phenolic OH excluding ortho intramolecular Hbond substituents is 1.